The predicted molar refractivity (Wildman–Crippen MR) is 118 cm³/mol. The van der Waals surface area contributed by atoms with Gasteiger partial charge in [-0.2, -0.15) is 0 Å². The van der Waals surface area contributed by atoms with Crippen molar-refractivity contribution in [3.63, 3.8) is 0 Å². The number of anilines is 2. The second-order valence-electron chi connectivity index (χ2n) is 7.43. The molecular formula is C20H25N7O2S. The van der Waals surface area contributed by atoms with Gasteiger partial charge in [-0.15, -0.1) is 0 Å². The number of piperazine rings is 1. The average Bonchev–Trinajstić information content (AvgIpc) is 3.23. The van der Waals surface area contributed by atoms with Crippen LogP contribution in [0.15, 0.2) is 42.7 Å². The van der Waals surface area contributed by atoms with Crippen molar-refractivity contribution >= 4 is 21.5 Å². The number of nitrogens with one attached hydrogen (secondary N) is 1. The van der Waals surface area contributed by atoms with Gasteiger partial charge >= 0.3 is 0 Å². The molecule has 3 heterocycles. The monoisotopic (exact) mass is 427 g/mol. The third-order valence-electron chi connectivity index (χ3n) is 5.15. The Bertz CT molecular complexity index is 1110. The van der Waals surface area contributed by atoms with E-state index in [4.69, 9.17) is 10.7 Å². The van der Waals surface area contributed by atoms with E-state index < -0.39 is 9.84 Å². The lowest BCUT2D eigenvalue weighted by Gasteiger charge is -2.35. The van der Waals surface area contributed by atoms with Crippen LogP contribution in [0.3, 0.4) is 0 Å². The van der Waals surface area contributed by atoms with Gasteiger partial charge in [0.2, 0.25) is 0 Å². The Morgan fingerprint density at radius 3 is 2.50 bits per heavy atom. The van der Waals surface area contributed by atoms with Gasteiger partial charge in [-0.1, -0.05) is 30.3 Å². The first-order chi connectivity index (χ1) is 14.4. The van der Waals surface area contributed by atoms with Gasteiger partial charge in [-0.05, 0) is 5.56 Å². The van der Waals surface area contributed by atoms with Gasteiger partial charge < -0.3 is 15.6 Å². The third-order valence-corrected chi connectivity index (χ3v) is 6.07. The van der Waals surface area contributed by atoms with Gasteiger partial charge in [0.25, 0.3) is 0 Å². The quantitative estimate of drug-likeness (QED) is 0.603. The molecule has 3 aromatic rings. The number of benzene rings is 1. The zero-order valence-electron chi connectivity index (χ0n) is 16.8. The van der Waals surface area contributed by atoms with Crippen molar-refractivity contribution in [1.82, 2.24) is 24.8 Å². The SMILES string of the molecule is CS(=O)(=O)CCN1CCN(c2cnc(N)c(-c3ncc(-c4ccccc4)[nH]3)n2)CC1. The van der Waals surface area contributed by atoms with E-state index in [1.807, 2.05) is 30.3 Å². The molecule has 0 bridgehead atoms. The molecule has 1 saturated heterocycles. The summed E-state index contributed by atoms with van der Waals surface area (Å²) >= 11 is 0. The maximum atomic E-state index is 11.4. The normalized spacial score (nSPS) is 15.4. The van der Waals surface area contributed by atoms with Crippen molar-refractivity contribution in [3.05, 3.63) is 42.7 Å². The van der Waals surface area contributed by atoms with Crippen LogP contribution in [0.25, 0.3) is 22.8 Å². The Hall–Kier alpha value is -2.98. The Morgan fingerprint density at radius 1 is 1.07 bits per heavy atom. The molecule has 158 valence electrons. The largest absolute Gasteiger partial charge is 0.382 e. The minimum Gasteiger partial charge on any atom is -0.382 e. The van der Waals surface area contributed by atoms with E-state index in [0.717, 1.165) is 43.3 Å². The van der Waals surface area contributed by atoms with Gasteiger partial charge in [-0.3, -0.25) is 4.90 Å². The van der Waals surface area contributed by atoms with Crippen LogP contribution >= 0.6 is 0 Å². The number of nitrogens with two attached hydrogens (primary N) is 1. The summed E-state index contributed by atoms with van der Waals surface area (Å²) in [6.07, 6.45) is 4.71. The van der Waals surface area contributed by atoms with Gasteiger partial charge in [-0.25, -0.2) is 23.4 Å². The Kier molecular flexibility index (Phi) is 5.69. The maximum Gasteiger partial charge on any atom is 0.160 e. The highest BCUT2D eigenvalue weighted by Crippen LogP contribution is 2.26. The summed E-state index contributed by atoms with van der Waals surface area (Å²) < 4.78 is 22.8. The molecule has 2 aromatic heterocycles. The fourth-order valence-corrected chi connectivity index (χ4v) is 4.01. The van der Waals surface area contributed by atoms with Crippen molar-refractivity contribution in [2.45, 2.75) is 0 Å². The lowest BCUT2D eigenvalue weighted by Crippen LogP contribution is -2.48. The number of aromatic nitrogens is 4. The molecule has 0 radical (unpaired) electrons. The van der Waals surface area contributed by atoms with Crippen LogP contribution in [-0.2, 0) is 9.84 Å². The number of hydrogen-bond donors (Lipinski definition) is 2. The summed E-state index contributed by atoms with van der Waals surface area (Å²) in [7, 11) is -2.95. The molecule has 0 saturated carbocycles. The van der Waals surface area contributed by atoms with E-state index in [-0.39, 0.29) is 5.75 Å². The number of rotatable bonds is 6. The zero-order chi connectivity index (χ0) is 21.1. The van der Waals surface area contributed by atoms with Crippen molar-refractivity contribution in [1.29, 1.82) is 0 Å². The number of H-pyrrole nitrogens is 1. The molecular weight excluding hydrogens is 402 g/mol. The van der Waals surface area contributed by atoms with Gasteiger partial charge in [0.1, 0.15) is 15.7 Å². The van der Waals surface area contributed by atoms with E-state index in [9.17, 15) is 8.42 Å². The first-order valence-corrected chi connectivity index (χ1v) is 11.8. The molecule has 0 spiro atoms. The second-order valence-corrected chi connectivity index (χ2v) is 9.69. The summed E-state index contributed by atoms with van der Waals surface area (Å²) in [5.74, 6) is 1.81. The molecule has 0 aliphatic carbocycles. The van der Waals surface area contributed by atoms with E-state index in [2.05, 4.69) is 24.8 Å². The lowest BCUT2D eigenvalue weighted by molar-refractivity contribution is 0.271. The summed E-state index contributed by atoms with van der Waals surface area (Å²) in [5, 5.41) is 0. The molecule has 0 unspecified atom stereocenters. The van der Waals surface area contributed by atoms with Gasteiger partial charge in [0.05, 0.1) is 23.8 Å². The maximum absolute atomic E-state index is 11.4. The number of nitrogen functional groups attached to an aromatic ring is 1. The average molecular weight is 428 g/mol. The van der Waals surface area contributed by atoms with Crippen molar-refractivity contribution < 1.29 is 8.42 Å². The summed E-state index contributed by atoms with van der Waals surface area (Å²) in [6.45, 7) is 3.59. The molecule has 0 amide bonds. The topological polar surface area (TPSA) is 121 Å². The van der Waals surface area contributed by atoms with Crippen LogP contribution < -0.4 is 10.6 Å². The first kappa shape index (κ1) is 20.3. The number of aromatic amines is 1. The fraction of sp³-hybridized carbons (Fsp3) is 0.350. The minimum absolute atomic E-state index is 0.182. The second kappa shape index (κ2) is 8.41. The standard InChI is InChI=1S/C20H25N7O2S/c1-30(28,29)12-11-26-7-9-27(10-8-26)17-14-22-19(21)18(25-17)20-23-13-16(24-20)15-5-3-2-4-6-15/h2-6,13-14H,7-12H2,1H3,(H2,21,22)(H,23,24). The molecule has 3 N–H and O–H groups in total. The highest BCUT2D eigenvalue weighted by atomic mass is 32.2. The number of imidazole rings is 1. The lowest BCUT2D eigenvalue weighted by atomic mass is 10.2. The van der Waals surface area contributed by atoms with E-state index in [1.165, 1.54) is 6.26 Å². The molecule has 1 aliphatic heterocycles. The van der Waals surface area contributed by atoms with Crippen LogP contribution in [0, 0.1) is 0 Å². The highest BCUT2D eigenvalue weighted by Gasteiger charge is 2.21. The first-order valence-electron chi connectivity index (χ1n) is 9.77. The predicted octanol–water partition coefficient (Wildman–Crippen LogP) is 1.28. The smallest absolute Gasteiger partial charge is 0.160 e. The van der Waals surface area contributed by atoms with Crippen molar-refractivity contribution in [2.24, 2.45) is 0 Å². The summed E-state index contributed by atoms with van der Waals surface area (Å²) in [4.78, 5) is 21.0. The molecule has 9 nitrogen and oxygen atoms in total. The van der Waals surface area contributed by atoms with Crippen LogP contribution in [0.4, 0.5) is 11.6 Å². The zero-order valence-corrected chi connectivity index (χ0v) is 17.6. The third kappa shape index (κ3) is 4.77. The Morgan fingerprint density at radius 2 is 1.80 bits per heavy atom. The summed E-state index contributed by atoms with van der Waals surface area (Å²) in [5.41, 5.74) is 8.52. The fourth-order valence-electron chi connectivity index (χ4n) is 3.42. The molecule has 30 heavy (non-hydrogen) atoms. The van der Waals surface area contributed by atoms with Crippen molar-refractivity contribution in [2.75, 3.05) is 55.4 Å². The molecule has 1 fully saturated rings. The van der Waals surface area contributed by atoms with Crippen LogP contribution in [0.2, 0.25) is 0 Å². The van der Waals surface area contributed by atoms with Gasteiger partial charge in [0, 0.05) is 39.0 Å². The number of hydrogen-bond acceptors (Lipinski definition) is 8. The van der Waals surface area contributed by atoms with Crippen LogP contribution in [-0.4, -0.2) is 78.0 Å². The molecule has 10 heteroatoms. The van der Waals surface area contributed by atoms with E-state index >= 15 is 0 Å². The minimum atomic E-state index is -2.95. The number of sulfone groups is 1. The van der Waals surface area contributed by atoms with Gasteiger partial charge in [0.15, 0.2) is 17.3 Å². The number of nitrogens with zero attached hydrogens (tertiary/aromatic N) is 5. The van der Waals surface area contributed by atoms with E-state index in [0.29, 0.717) is 23.9 Å². The molecule has 0 atom stereocenters. The molecule has 4 rings (SSSR count). The highest BCUT2D eigenvalue weighted by molar-refractivity contribution is 7.90. The Labute approximate surface area is 175 Å². The van der Waals surface area contributed by atoms with Crippen LogP contribution in [0.5, 0.6) is 0 Å². The van der Waals surface area contributed by atoms with Crippen molar-refractivity contribution in [3.8, 4) is 22.8 Å². The Balaban J connectivity index is 1.48. The summed E-state index contributed by atoms with van der Waals surface area (Å²) in [6, 6.07) is 9.92. The van der Waals surface area contributed by atoms with Crippen LogP contribution in [0.1, 0.15) is 0 Å². The van der Waals surface area contributed by atoms with E-state index in [1.54, 1.807) is 12.4 Å². The molecule has 1 aromatic carbocycles. The molecule has 1 aliphatic rings.